The maximum atomic E-state index is 11.9. The van der Waals surface area contributed by atoms with Crippen LogP contribution < -0.4 is 20.9 Å². The van der Waals surface area contributed by atoms with Crippen LogP contribution in [0.4, 0.5) is 10.5 Å². The van der Waals surface area contributed by atoms with Crippen LogP contribution in [0, 0.1) is 0 Å². The van der Waals surface area contributed by atoms with Crippen molar-refractivity contribution in [3.8, 4) is 0 Å². The molecule has 0 fully saturated rings. The first-order chi connectivity index (χ1) is 11.1. The van der Waals surface area contributed by atoms with Crippen molar-refractivity contribution in [2.24, 2.45) is 0 Å². The highest BCUT2D eigenvalue weighted by atomic mass is 16.2. The van der Waals surface area contributed by atoms with Gasteiger partial charge in [0.1, 0.15) is 6.04 Å². The Morgan fingerprint density at radius 1 is 1.12 bits per heavy atom. The van der Waals surface area contributed by atoms with Gasteiger partial charge in [0.05, 0.1) is 0 Å². The average Bonchev–Trinajstić information content (AvgIpc) is 2.45. The van der Waals surface area contributed by atoms with E-state index >= 15 is 0 Å². The third-order valence-electron chi connectivity index (χ3n) is 3.39. The van der Waals surface area contributed by atoms with Crippen LogP contribution >= 0.6 is 0 Å². The van der Waals surface area contributed by atoms with Gasteiger partial charge in [-0.25, -0.2) is 4.79 Å². The van der Waals surface area contributed by atoms with Crippen molar-refractivity contribution in [1.82, 2.24) is 16.0 Å². The third-order valence-corrected chi connectivity index (χ3v) is 3.39. The number of rotatable bonds is 6. The summed E-state index contributed by atoms with van der Waals surface area (Å²) >= 11 is 0. The van der Waals surface area contributed by atoms with Crippen molar-refractivity contribution in [3.63, 3.8) is 0 Å². The van der Waals surface area contributed by atoms with E-state index in [1.54, 1.807) is 6.92 Å². The van der Waals surface area contributed by atoms with E-state index in [9.17, 15) is 9.59 Å². The second kappa shape index (κ2) is 8.57. The molecule has 1 aromatic carbocycles. The molecule has 0 saturated carbocycles. The molecule has 0 aliphatic rings. The van der Waals surface area contributed by atoms with Gasteiger partial charge in [0.25, 0.3) is 0 Å². The van der Waals surface area contributed by atoms with Crippen molar-refractivity contribution in [3.05, 3.63) is 29.8 Å². The molecule has 0 aromatic heterocycles. The number of carbonyl (C=O) groups excluding carboxylic acids is 2. The van der Waals surface area contributed by atoms with E-state index in [4.69, 9.17) is 0 Å². The molecule has 24 heavy (non-hydrogen) atoms. The second-order valence-corrected chi connectivity index (χ2v) is 7.17. The van der Waals surface area contributed by atoms with Crippen LogP contribution in [0.1, 0.15) is 33.3 Å². The predicted octanol–water partition coefficient (Wildman–Crippen LogP) is 1.90. The molecule has 0 spiro atoms. The second-order valence-electron chi connectivity index (χ2n) is 7.17. The van der Waals surface area contributed by atoms with Gasteiger partial charge in [-0.1, -0.05) is 12.1 Å². The summed E-state index contributed by atoms with van der Waals surface area (Å²) in [4.78, 5) is 25.8. The normalized spacial score (nSPS) is 12.2. The van der Waals surface area contributed by atoms with Gasteiger partial charge in [-0.05, 0) is 51.8 Å². The van der Waals surface area contributed by atoms with E-state index < -0.39 is 6.04 Å². The smallest absolute Gasteiger partial charge is 0.315 e. The summed E-state index contributed by atoms with van der Waals surface area (Å²) in [5.41, 5.74) is 1.98. The minimum absolute atomic E-state index is 0.197. The number of anilines is 1. The van der Waals surface area contributed by atoms with E-state index in [0.717, 1.165) is 17.7 Å². The number of carbonyl (C=O) groups is 2. The minimum atomic E-state index is -0.580. The molecule has 3 amide bonds. The van der Waals surface area contributed by atoms with Crippen molar-refractivity contribution in [1.29, 1.82) is 0 Å². The first kappa shape index (κ1) is 19.8. The Kier molecular flexibility index (Phi) is 7.07. The number of hydrogen-bond acceptors (Lipinski definition) is 3. The number of urea groups is 1. The molecule has 0 aliphatic heterocycles. The molecule has 134 valence electrons. The maximum absolute atomic E-state index is 11.9. The summed E-state index contributed by atoms with van der Waals surface area (Å²) in [5.74, 6) is -0.197. The molecule has 0 aliphatic carbocycles. The van der Waals surface area contributed by atoms with Crippen LogP contribution in [0.3, 0.4) is 0 Å². The lowest BCUT2D eigenvalue weighted by molar-refractivity contribution is -0.123. The predicted molar refractivity (Wildman–Crippen MR) is 98.4 cm³/mol. The van der Waals surface area contributed by atoms with E-state index in [2.05, 4.69) is 16.0 Å². The maximum Gasteiger partial charge on any atom is 0.315 e. The molecule has 1 unspecified atom stereocenters. The number of nitrogens with zero attached hydrogens (tertiary/aromatic N) is 1. The molecule has 1 aromatic rings. The lowest BCUT2D eigenvalue weighted by Crippen LogP contribution is -2.52. The van der Waals surface area contributed by atoms with Gasteiger partial charge in [-0.15, -0.1) is 0 Å². The lowest BCUT2D eigenvalue weighted by Gasteiger charge is -2.23. The van der Waals surface area contributed by atoms with Gasteiger partial charge in [-0.3, -0.25) is 4.79 Å². The molecule has 1 rings (SSSR count). The molecule has 0 heterocycles. The van der Waals surface area contributed by atoms with Gasteiger partial charge in [0.2, 0.25) is 5.91 Å². The Labute approximate surface area is 145 Å². The number of nitrogens with one attached hydrogen (secondary N) is 3. The standard InChI is InChI=1S/C18H30N4O2/c1-13(16(23)21-18(2,3)4)20-17(24)19-12-11-14-7-9-15(10-8-14)22(5)6/h7-10,13H,11-12H2,1-6H3,(H,21,23)(H2,19,20,24). The average molecular weight is 334 g/mol. The number of amides is 3. The van der Waals surface area contributed by atoms with Crippen LogP contribution in [-0.2, 0) is 11.2 Å². The van der Waals surface area contributed by atoms with Crippen molar-refractivity contribution >= 4 is 17.6 Å². The van der Waals surface area contributed by atoms with E-state index in [1.807, 2.05) is 64.0 Å². The van der Waals surface area contributed by atoms with E-state index in [-0.39, 0.29) is 17.5 Å². The fourth-order valence-electron chi connectivity index (χ4n) is 2.07. The quantitative estimate of drug-likeness (QED) is 0.744. The highest BCUT2D eigenvalue weighted by Gasteiger charge is 2.20. The summed E-state index contributed by atoms with van der Waals surface area (Å²) in [6.45, 7) is 7.89. The van der Waals surface area contributed by atoms with Crippen LogP contribution in [0.5, 0.6) is 0 Å². The Morgan fingerprint density at radius 3 is 2.21 bits per heavy atom. The molecule has 6 nitrogen and oxygen atoms in total. The van der Waals surface area contributed by atoms with Crippen LogP contribution in [0.15, 0.2) is 24.3 Å². The monoisotopic (exact) mass is 334 g/mol. The Morgan fingerprint density at radius 2 is 1.71 bits per heavy atom. The lowest BCUT2D eigenvalue weighted by atomic mass is 10.1. The Hall–Kier alpha value is -2.24. The Balaban J connectivity index is 2.34. The van der Waals surface area contributed by atoms with Crippen molar-refractivity contribution in [2.45, 2.75) is 45.7 Å². The SMILES string of the molecule is CC(NC(=O)NCCc1ccc(N(C)C)cc1)C(=O)NC(C)(C)C. The van der Waals surface area contributed by atoms with Crippen molar-refractivity contribution in [2.75, 3.05) is 25.5 Å². The summed E-state index contributed by atoms with van der Waals surface area (Å²) in [6, 6.07) is 7.28. The molecular weight excluding hydrogens is 304 g/mol. The topological polar surface area (TPSA) is 73.5 Å². The van der Waals surface area contributed by atoms with Gasteiger partial charge in [-0.2, -0.15) is 0 Å². The van der Waals surface area contributed by atoms with Crippen LogP contribution in [0.25, 0.3) is 0 Å². The molecule has 0 radical (unpaired) electrons. The van der Waals surface area contributed by atoms with Gasteiger partial charge in [0.15, 0.2) is 0 Å². The molecule has 6 heteroatoms. The van der Waals surface area contributed by atoms with Gasteiger partial charge < -0.3 is 20.9 Å². The van der Waals surface area contributed by atoms with Gasteiger partial charge >= 0.3 is 6.03 Å². The molecular formula is C18H30N4O2. The highest BCUT2D eigenvalue weighted by Crippen LogP contribution is 2.12. The summed E-state index contributed by atoms with van der Waals surface area (Å²) in [5, 5.41) is 8.26. The minimum Gasteiger partial charge on any atom is -0.378 e. The van der Waals surface area contributed by atoms with Crippen LogP contribution in [0.2, 0.25) is 0 Å². The van der Waals surface area contributed by atoms with Crippen molar-refractivity contribution < 1.29 is 9.59 Å². The summed E-state index contributed by atoms with van der Waals surface area (Å²) in [7, 11) is 4.00. The summed E-state index contributed by atoms with van der Waals surface area (Å²) < 4.78 is 0. The third kappa shape index (κ3) is 7.35. The highest BCUT2D eigenvalue weighted by molar-refractivity contribution is 5.87. The molecule has 0 saturated heterocycles. The van der Waals surface area contributed by atoms with E-state index in [0.29, 0.717) is 6.54 Å². The zero-order valence-corrected chi connectivity index (χ0v) is 15.6. The number of benzene rings is 1. The first-order valence-corrected chi connectivity index (χ1v) is 8.21. The fourth-order valence-corrected chi connectivity index (χ4v) is 2.07. The first-order valence-electron chi connectivity index (χ1n) is 8.21. The largest absolute Gasteiger partial charge is 0.378 e. The van der Waals surface area contributed by atoms with E-state index in [1.165, 1.54) is 0 Å². The summed E-state index contributed by atoms with van der Waals surface area (Å²) in [6.07, 6.45) is 0.740. The Bertz CT molecular complexity index is 547. The van der Waals surface area contributed by atoms with Gasteiger partial charge in [0, 0.05) is 31.9 Å². The molecule has 0 bridgehead atoms. The molecule has 1 atom stereocenters. The zero-order valence-electron chi connectivity index (χ0n) is 15.6. The molecule has 3 N–H and O–H groups in total. The van der Waals surface area contributed by atoms with Crippen LogP contribution in [-0.4, -0.2) is 44.2 Å². The number of hydrogen-bond donors (Lipinski definition) is 3. The zero-order chi connectivity index (χ0) is 18.3. The fraction of sp³-hybridized carbons (Fsp3) is 0.556.